The second kappa shape index (κ2) is 4.83. The Balaban J connectivity index is 2.06. The van der Waals surface area contributed by atoms with Crippen LogP contribution in [0.25, 0.3) is 21.9 Å². The number of benzene rings is 1. The van der Waals surface area contributed by atoms with Crippen molar-refractivity contribution in [3.05, 3.63) is 30.5 Å². The lowest BCUT2D eigenvalue weighted by atomic mass is 10.0. The third kappa shape index (κ3) is 2.13. The van der Waals surface area contributed by atoms with Gasteiger partial charge in [-0.05, 0) is 19.4 Å². The second-order valence-corrected chi connectivity index (χ2v) is 6.64. The van der Waals surface area contributed by atoms with E-state index in [1.165, 1.54) is 0 Å². The summed E-state index contributed by atoms with van der Waals surface area (Å²) < 4.78 is 3.20. The van der Waals surface area contributed by atoms with E-state index >= 15 is 0 Å². The van der Waals surface area contributed by atoms with Crippen LogP contribution in [-0.2, 0) is 6.54 Å². The smallest absolute Gasteiger partial charge is 0.266 e. The van der Waals surface area contributed by atoms with Crippen molar-refractivity contribution in [2.45, 2.75) is 32.4 Å². The number of rotatable bonds is 2. The van der Waals surface area contributed by atoms with E-state index in [0.717, 1.165) is 45.6 Å². The van der Waals surface area contributed by atoms with Gasteiger partial charge in [0.15, 0.2) is 5.52 Å². The van der Waals surface area contributed by atoms with E-state index in [1.807, 2.05) is 31.2 Å². The van der Waals surface area contributed by atoms with E-state index in [-0.39, 0.29) is 0 Å². The first-order valence-corrected chi connectivity index (χ1v) is 8.00. The number of hydrogen-bond acceptors (Lipinski definition) is 4. The van der Waals surface area contributed by atoms with Crippen molar-refractivity contribution in [1.29, 1.82) is 0 Å². The molecule has 3 heterocycles. The average molecular weight is 313 g/mol. The standard InChI is InChI=1S/C17H21N4O2/c1-3-8-19-10-17(2,22)11-20-15-12-6-4-5-7-14(12)21(23)9-13(15)18-16(19)20/h4-7,9,22-23H,3,8,10-11H2,1-2H3/q+1. The molecule has 0 bridgehead atoms. The average Bonchev–Trinajstić information content (AvgIpc) is 2.85. The van der Waals surface area contributed by atoms with Crippen LogP contribution in [0.5, 0.6) is 0 Å². The van der Waals surface area contributed by atoms with Crippen LogP contribution in [-0.4, -0.2) is 38.6 Å². The summed E-state index contributed by atoms with van der Waals surface area (Å²) in [5, 5.41) is 21.8. The number of para-hydroxylation sites is 1. The van der Waals surface area contributed by atoms with Crippen molar-refractivity contribution in [1.82, 2.24) is 9.55 Å². The molecule has 0 radical (unpaired) electrons. The zero-order valence-electron chi connectivity index (χ0n) is 13.4. The molecule has 23 heavy (non-hydrogen) atoms. The van der Waals surface area contributed by atoms with E-state index < -0.39 is 5.60 Å². The van der Waals surface area contributed by atoms with Crippen LogP contribution in [0.4, 0.5) is 5.95 Å². The molecule has 0 saturated carbocycles. The van der Waals surface area contributed by atoms with E-state index in [0.29, 0.717) is 13.1 Å². The lowest BCUT2D eigenvalue weighted by Gasteiger charge is -2.38. The van der Waals surface area contributed by atoms with Crippen molar-refractivity contribution in [3.63, 3.8) is 0 Å². The molecular weight excluding hydrogens is 292 g/mol. The molecule has 1 aliphatic rings. The molecule has 0 aliphatic carbocycles. The molecule has 120 valence electrons. The number of anilines is 1. The second-order valence-electron chi connectivity index (χ2n) is 6.64. The largest absolute Gasteiger partial charge is 0.386 e. The summed E-state index contributed by atoms with van der Waals surface area (Å²) >= 11 is 0. The van der Waals surface area contributed by atoms with E-state index in [1.54, 1.807) is 6.20 Å². The Labute approximate surface area is 134 Å². The third-order valence-corrected chi connectivity index (χ3v) is 4.43. The highest BCUT2D eigenvalue weighted by molar-refractivity contribution is 6.01. The number of imidazole rings is 1. The normalized spacial score (nSPS) is 21.1. The minimum Gasteiger partial charge on any atom is -0.386 e. The highest BCUT2D eigenvalue weighted by Crippen LogP contribution is 2.33. The minimum absolute atomic E-state index is 0.498. The molecule has 1 atom stereocenters. The van der Waals surface area contributed by atoms with Gasteiger partial charge in [0.05, 0.1) is 29.6 Å². The molecule has 4 rings (SSSR count). The van der Waals surface area contributed by atoms with Gasteiger partial charge in [-0.15, -0.1) is 0 Å². The molecule has 0 amide bonds. The number of nitrogens with zero attached hydrogens (tertiary/aromatic N) is 4. The molecule has 3 aromatic rings. The Bertz CT molecular complexity index is 900. The van der Waals surface area contributed by atoms with Crippen molar-refractivity contribution >= 4 is 27.9 Å². The summed E-state index contributed by atoms with van der Waals surface area (Å²) in [6.07, 6.45) is 2.63. The highest BCUT2D eigenvalue weighted by Gasteiger charge is 2.35. The van der Waals surface area contributed by atoms with Crippen molar-refractivity contribution in [3.8, 4) is 0 Å². The maximum absolute atomic E-state index is 10.7. The maximum Gasteiger partial charge on any atom is 0.266 e. The molecule has 2 aromatic heterocycles. The molecule has 6 nitrogen and oxygen atoms in total. The fourth-order valence-electron chi connectivity index (χ4n) is 3.60. The SMILES string of the molecule is CCCN1CC(C)(O)Cn2c1nc1c[n+](O)c3ccccc3c12. The van der Waals surface area contributed by atoms with Gasteiger partial charge in [0.25, 0.3) is 11.7 Å². The monoisotopic (exact) mass is 313 g/mol. The lowest BCUT2D eigenvalue weighted by molar-refractivity contribution is -0.883. The summed E-state index contributed by atoms with van der Waals surface area (Å²) in [5.41, 5.74) is 1.62. The van der Waals surface area contributed by atoms with E-state index in [4.69, 9.17) is 4.98 Å². The van der Waals surface area contributed by atoms with Gasteiger partial charge in [-0.25, -0.2) is 4.98 Å². The first-order valence-electron chi connectivity index (χ1n) is 8.00. The highest BCUT2D eigenvalue weighted by atomic mass is 16.5. The fourth-order valence-corrected chi connectivity index (χ4v) is 3.60. The summed E-state index contributed by atoms with van der Waals surface area (Å²) in [5.74, 6) is 0.865. The predicted molar refractivity (Wildman–Crippen MR) is 87.7 cm³/mol. The van der Waals surface area contributed by atoms with Gasteiger partial charge in [0, 0.05) is 17.3 Å². The zero-order valence-corrected chi connectivity index (χ0v) is 13.4. The van der Waals surface area contributed by atoms with Gasteiger partial charge < -0.3 is 14.6 Å². The number of aromatic nitrogens is 3. The summed E-state index contributed by atoms with van der Waals surface area (Å²) in [4.78, 5) is 6.85. The molecule has 0 saturated heterocycles. The van der Waals surface area contributed by atoms with Crippen LogP contribution in [0.2, 0.25) is 0 Å². The van der Waals surface area contributed by atoms with Gasteiger partial charge in [-0.3, -0.25) is 5.21 Å². The van der Waals surface area contributed by atoms with Gasteiger partial charge in [0.2, 0.25) is 5.95 Å². The molecule has 0 fully saturated rings. The fraction of sp³-hybridized carbons (Fsp3) is 0.412. The Morgan fingerprint density at radius 2 is 2.09 bits per heavy atom. The molecular formula is C17H21N4O2+. The Morgan fingerprint density at radius 1 is 1.30 bits per heavy atom. The molecule has 0 spiro atoms. The summed E-state index contributed by atoms with van der Waals surface area (Å²) in [7, 11) is 0. The minimum atomic E-state index is -0.804. The lowest BCUT2D eigenvalue weighted by Crippen LogP contribution is -2.49. The van der Waals surface area contributed by atoms with Crippen LogP contribution in [0.15, 0.2) is 30.5 Å². The van der Waals surface area contributed by atoms with Crippen LogP contribution >= 0.6 is 0 Å². The predicted octanol–water partition coefficient (Wildman–Crippen LogP) is 1.70. The zero-order chi connectivity index (χ0) is 16.2. The Morgan fingerprint density at radius 3 is 2.87 bits per heavy atom. The number of β-amino-alcohol motifs (C(OH)–C–C–N with tert-alkyl or cyclic N) is 1. The third-order valence-electron chi connectivity index (χ3n) is 4.43. The van der Waals surface area contributed by atoms with Gasteiger partial charge in [0.1, 0.15) is 0 Å². The number of hydrogen-bond donors (Lipinski definition) is 2. The van der Waals surface area contributed by atoms with Gasteiger partial charge in [-0.1, -0.05) is 19.1 Å². The van der Waals surface area contributed by atoms with Crippen LogP contribution in [0.1, 0.15) is 20.3 Å². The molecule has 1 unspecified atom stereocenters. The topological polar surface area (TPSA) is 65.4 Å². The molecule has 1 aliphatic heterocycles. The maximum atomic E-state index is 10.7. The number of fused-ring (bicyclic) bond motifs is 5. The number of aliphatic hydroxyl groups is 1. The van der Waals surface area contributed by atoms with E-state index in [9.17, 15) is 10.3 Å². The Kier molecular flexibility index (Phi) is 2.99. The molecule has 6 heteroatoms. The first kappa shape index (κ1) is 14.3. The van der Waals surface area contributed by atoms with Gasteiger partial charge >= 0.3 is 0 Å². The molecule has 2 N–H and O–H groups in total. The van der Waals surface area contributed by atoms with Crippen LogP contribution in [0.3, 0.4) is 0 Å². The van der Waals surface area contributed by atoms with E-state index in [2.05, 4.69) is 16.4 Å². The quantitative estimate of drug-likeness (QED) is 0.558. The Hall–Kier alpha value is -2.34. The summed E-state index contributed by atoms with van der Waals surface area (Å²) in [6, 6.07) is 7.70. The summed E-state index contributed by atoms with van der Waals surface area (Å²) in [6.45, 7) is 5.89. The van der Waals surface area contributed by atoms with Crippen LogP contribution in [0, 0.1) is 0 Å². The van der Waals surface area contributed by atoms with Crippen molar-refractivity contribution < 1.29 is 15.0 Å². The first-order chi connectivity index (χ1) is 11.0. The van der Waals surface area contributed by atoms with Crippen molar-refractivity contribution in [2.24, 2.45) is 0 Å². The van der Waals surface area contributed by atoms with Crippen molar-refractivity contribution in [2.75, 3.05) is 18.0 Å². The van der Waals surface area contributed by atoms with Gasteiger partial charge in [-0.2, -0.15) is 0 Å². The number of pyridine rings is 1. The molecule has 1 aromatic carbocycles. The van der Waals surface area contributed by atoms with Crippen LogP contribution < -0.4 is 9.63 Å².